The van der Waals surface area contributed by atoms with Crippen molar-refractivity contribution < 1.29 is 14.3 Å². The van der Waals surface area contributed by atoms with E-state index in [2.05, 4.69) is 20.8 Å². The second kappa shape index (κ2) is 11.7. The number of aromatic nitrogens is 2. The molecule has 0 bridgehead atoms. The zero-order valence-electron chi connectivity index (χ0n) is 16.8. The number of halogens is 1. The van der Waals surface area contributed by atoms with Crippen LogP contribution in [0, 0.1) is 0 Å². The number of benzene rings is 2. The maximum atomic E-state index is 12.3. The van der Waals surface area contributed by atoms with E-state index in [-0.39, 0.29) is 16.8 Å². The van der Waals surface area contributed by atoms with Crippen molar-refractivity contribution in [1.82, 2.24) is 15.5 Å². The Bertz CT molecular complexity index is 1030. The maximum absolute atomic E-state index is 12.3. The van der Waals surface area contributed by atoms with Gasteiger partial charge in [0, 0.05) is 23.0 Å². The Morgan fingerprint density at radius 1 is 1.16 bits per heavy atom. The number of nitrogens with one attached hydrogen (secondary N) is 2. The molecule has 0 unspecified atom stereocenters. The summed E-state index contributed by atoms with van der Waals surface area (Å²) in [5.41, 5.74) is 1.59. The number of nitrogens with zero attached hydrogens (tertiary/aromatic N) is 2. The molecule has 0 fully saturated rings. The molecule has 31 heavy (non-hydrogen) atoms. The molecule has 0 radical (unpaired) electrons. The van der Waals surface area contributed by atoms with Gasteiger partial charge in [-0.25, -0.2) is 0 Å². The Morgan fingerprint density at radius 3 is 2.71 bits per heavy atom. The molecule has 0 spiro atoms. The standard InChI is InChI=1S/C21H21ClN4O3S2/c1-2-29-17-8-6-14(7-9-17)11-23-18(27)12-30-13-19-25-26-21(31-19)20(28)24-16-5-3-4-15(22)10-16/h3-10H,2,11-13H2,1H3,(H,23,27)(H,24,28). The molecule has 2 aromatic carbocycles. The number of amides is 2. The fourth-order valence-corrected chi connectivity index (χ4v) is 4.34. The topological polar surface area (TPSA) is 93.2 Å². The first kappa shape index (κ1) is 23.1. The highest BCUT2D eigenvalue weighted by Gasteiger charge is 2.14. The monoisotopic (exact) mass is 476 g/mol. The molecule has 0 saturated heterocycles. The number of carbonyl (C=O) groups is 2. The summed E-state index contributed by atoms with van der Waals surface area (Å²) in [5, 5.41) is 15.1. The normalized spacial score (nSPS) is 10.5. The van der Waals surface area contributed by atoms with Crippen LogP contribution in [-0.4, -0.2) is 34.4 Å². The van der Waals surface area contributed by atoms with Crippen LogP contribution < -0.4 is 15.4 Å². The third kappa shape index (κ3) is 7.54. The zero-order valence-corrected chi connectivity index (χ0v) is 19.1. The van der Waals surface area contributed by atoms with Gasteiger partial charge in [-0.3, -0.25) is 9.59 Å². The van der Waals surface area contributed by atoms with E-state index in [4.69, 9.17) is 16.3 Å². The molecule has 1 aromatic heterocycles. The first-order valence-corrected chi connectivity index (χ1v) is 11.8. The molecule has 0 saturated carbocycles. The summed E-state index contributed by atoms with van der Waals surface area (Å²) in [6, 6.07) is 14.5. The van der Waals surface area contributed by atoms with E-state index in [1.54, 1.807) is 24.3 Å². The molecule has 0 atom stereocenters. The van der Waals surface area contributed by atoms with E-state index in [0.717, 1.165) is 11.3 Å². The molecule has 1 heterocycles. The number of ether oxygens (including phenoxy) is 1. The van der Waals surface area contributed by atoms with E-state index in [1.807, 2.05) is 31.2 Å². The SMILES string of the molecule is CCOc1ccc(CNC(=O)CSCc2nnc(C(=O)Nc3cccc(Cl)c3)s2)cc1. The minimum Gasteiger partial charge on any atom is -0.494 e. The predicted molar refractivity (Wildman–Crippen MR) is 125 cm³/mol. The van der Waals surface area contributed by atoms with Crippen LogP contribution in [0.25, 0.3) is 0 Å². The lowest BCUT2D eigenvalue weighted by Crippen LogP contribution is -2.24. The lowest BCUT2D eigenvalue weighted by atomic mass is 10.2. The summed E-state index contributed by atoms with van der Waals surface area (Å²) in [6.07, 6.45) is 0. The smallest absolute Gasteiger partial charge is 0.286 e. The van der Waals surface area contributed by atoms with Crippen LogP contribution in [0.1, 0.15) is 27.3 Å². The molecule has 7 nitrogen and oxygen atoms in total. The Morgan fingerprint density at radius 2 is 1.97 bits per heavy atom. The molecule has 162 valence electrons. The highest BCUT2D eigenvalue weighted by Crippen LogP contribution is 2.19. The Kier molecular flexibility index (Phi) is 8.69. The molecule has 3 aromatic rings. The molecule has 2 N–H and O–H groups in total. The lowest BCUT2D eigenvalue weighted by molar-refractivity contribution is -0.118. The molecule has 10 heteroatoms. The van der Waals surface area contributed by atoms with Gasteiger partial charge in [0.15, 0.2) is 0 Å². The number of hydrogen-bond donors (Lipinski definition) is 2. The van der Waals surface area contributed by atoms with Crippen LogP contribution in [0.4, 0.5) is 5.69 Å². The first-order valence-electron chi connectivity index (χ1n) is 9.49. The average Bonchev–Trinajstić information content (AvgIpc) is 3.23. The van der Waals surface area contributed by atoms with Crippen LogP contribution in [0.5, 0.6) is 5.75 Å². The number of hydrogen-bond acceptors (Lipinski definition) is 7. The zero-order chi connectivity index (χ0) is 22.1. The van der Waals surface area contributed by atoms with E-state index < -0.39 is 0 Å². The van der Waals surface area contributed by atoms with Crippen molar-refractivity contribution in [3.63, 3.8) is 0 Å². The van der Waals surface area contributed by atoms with Gasteiger partial charge in [0.05, 0.1) is 12.4 Å². The third-order valence-corrected chi connectivity index (χ3v) is 6.21. The summed E-state index contributed by atoms with van der Waals surface area (Å²) in [6.45, 7) is 3.01. The van der Waals surface area contributed by atoms with Gasteiger partial charge in [0.1, 0.15) is 10.8 Å². The van der Waals surface area contributed by atoms with Gasteiger partial charge in [0.25, 0.3) is 5.91 Å². The molecular formula is C21H21ClN4O3S2. The molecular weight excluding hydrogens is 456 g/mol. The second-order valence-corrected chi connectivity index (χ2v) is 8.80. The Balaban J connectivity index is 1.39. The molecule has 0 aliphatic rings. The highest BCUT2D eigenvalue weighted by atomic mass is 35.5. The van der Waals surface area contributed by atoms with Crippen molar-refractivity contribution in [2.75, 3.05) is 17.7 Å². The molecule has 0 aliphatic heterocycles. The van der Waals surface area contributed by atoms with E-state index in [1.165, 1.54) is 23.1 Å². The lowest BCUT2D eigenvalue weighted by Gasteiger charge is -2.06. The van der Waals surface area contributed by atoms with Crippen molar-refractivity contribution in [2.24, 2.45) is 0 Å². The number of anilines is 1. The van der Waals surface area contributed by atoms with Gasteiger partial charge < -0.3 is 15.4 Å². The number of rotatable bonds is 10. The maximum Gasteiger partial charge on any atom is 0.286 e. The summed E-state index contributed by atoms with van der Waals surface area (Å²) in [5.74, 6) is 1.19. The number of carbonyl (C=O) groups excluding carboxylic acids is 2. The molecule has 3 rings (SSSR count). The van der Waals surface area contributed by atoms with Gasteiger partial charge in [-0.15, -0.1) is 22.0 Å². The largest absolute Gasteiger partial charge is 0.494 e. The summed E-state index contributed by atoms with van der Waals surface area (Å²) >= 11 is 8.54. The average molecular weight is 477 g/mol. The van der Waals surface area contributed by atoms with E-state index in [9.17, 15) is 9.59 Å². The van der Waals surface area contributed by atoms with Gasteiger partial charge in [-0.05, 0) is 42.8 Å². The van der Waals surface area contributed by atoms with Gasteiger partial charge in [-0.2, -0.15) is 0 Å². The first-order chi connectivity index (χ1) is 15.0. The van der Waals surface area contributed by atoms with Crippen molar-refractivity contribution in [2.45, 2.75) is 19.2 Å². The van der Waals surface area contributed by atoms with Crippen molar-refractivity contribution in [3.05, 3.63) is 69.1 Å². The van der Waals surface area contributed by atoms with Gasteiger partial charge in [0.2, 0.25) is 10.9 Å². The van der Waals surface area contributed by atoms with Crippen LogP contribution in [0.15, 0.2) is 48.5 Å². The summed E-state index contributed by atoms with van der Waals surface area (Å²) < 4.78 is 5.40. The van der Waals surface area contributed by atoms with Crippen molar-refractivity contribution >= 4 is 52.2 Å². The van der Waals surface area contributed by atoms with Crippen LogP contribution in [0.3, 0.4) is 0 Å². The second-order valence-electron chi connectivity index (χ2n) is 6.31. The molecule has 2 amide bonds. The fourth-order valence-electron chi connectivity index (χ4n) is 2.51. The van der Waals surface area contributed by atoms with Crippen LogP contribution >= 0.6 is 34.7 Å². The van der Waals surface area contributed by atoms with Crippen molar-refractivity contribution in [1.29, 1.82) is 0 Å². The van der Waals surface area contributed by atoms with Crippen LogP contribution in [0.2, 0.25) is 5.02 Å². The van der Waals surface area contributed by atoms with Crippen molar-refractivity contribution in [3.8, 4) is 5.75 Å². The van der Waals surface area contributed by atoms with Gasteiger partial charge in [-0.1, -0.05) is 41.1 Å². The van der Waals surface area contributed by atoms with E-state index >= 15 is 0 Å². The Labute approximate surface area is 193 Å². The molecule has 0 aliphatic carbocycles. The summed E-state index contributed by atoms with van der Waals surface area (Å²) in [7, 11) is 0. The van der Waals surface area contributed by atoms with E-state index in [0.29, 0.717) is 40.4 Å². The summed E-state index contributed by atoms with van der Waals surface area (Å²) in [4.78, 5) is 24.3. The number of thioether (sulfide) groups is 1. The highest BCUT2D eigenvalue weighted by molar-refractivity contribution is 7.99. The fraction of sp³-hybridized carbons (Fsp3) is 0.238. The quantitative estimate of drug-likeness (QED) is 0.450. The third-order valence-electron chi connectivity index (χ3n) is 3.93. The minimum absolute atomic E-state index is 0.0673. The Hall–Kier alpha value is -2.62. The van der Waals surface area contributed by atoms with Gasteiger partial charge >= 0.3 is 0 Å². The predicted octanol–water partition coefficient (Wildman–Crippen LogP) is 4.39. The van der Waals surface area contributed by atoms with Crippen LogP contribution in [-0.2, 0) is 17.1 Å². The minimum atomic E-state index is -0.343.